The van der Waals surface area contributed by atoms with E-state index in [0.717, 1.165) is 24.7 Å². The molecule has 3 saturated heterocycles. The lowest BCUT2D eigenvalue weighted by Crippen LogP contribution is -2.39. The van der Waals surface area contributed by atoms with Crippen LogP contribution >= 0.6 is 0 Å². The van der Waals surface area contributed by atoms with Gasteiger partial charge < -0.3 is 15.5 Å². The summed E-state index contributed by atoms with van der Waals surface area (Å²) in [5.41, 5.74) is 2.15. The smallest absolute Gasteiger partial charge is 0.321 e. The summed E-state index contributed by atoms with van der Waals surface area (Å²) in [6.07, 6.45) is 2.56. The van der Waals surface area contributed by atoms with E-state index in [1.807, 2.05) is 12.1 Å². The van der Waals surface area contributed by atoms with Crippen molar-refractivity contribution >= 4 is 17.4 Å². The minimum atomic E-state index is 0.00837. The number of anilines is 2. The third kappa shape index (κ3) is 2.46. The second kappa shape index (κ2) is 5.22. The number of carbonyl (C=O) groups excluding carboxylic acids is 1. The Hall–Kier alpha value is -1.75. The first-order chi connectivity index (χ1) is 10.3. The third-order valence-corrected chi connectivity index (χ3v) is 5.02. The number of rotatable bonds is 3. The lowest BCUT2D eigenvalue weighted by atomic mass is 9.94. The molecule has 21 heavy (non-hydrogen) atoms. The molecule has 0 saturated carbocycles. The number of hydrogen-bond donors (Lipinski definition) is 2. The van der Waals surface area contributed by atoms with Gasteiger partial charge in [-0.3, -0.25) is 4.90 Å². The molecule has 3 atom stereocenters. The van der Waals surface area contributed by atoms with Gasteiger partial charge in [-0.15, -0.1) is 0 Å². The quantitative estimate of drug-likeness (QED) is 0.889. The summed E-state index contributed by atoms with van der Waals surface area (Å²) in [5.74, 6) is 0.794. The summed E-state index contributed by atoms with van der Waals surface area (Å²) < 4.78 is 0. The van der Waals surface area contributed by atoms with Crippen molar-refractivity contribution in [2.45, 2.75) is 18.9 Å². The Morgan fingerprint density at radius 2 is 1.90 bits per heavy atom. The van der Waals surface area contributed by atoms with Crippen molar-refractivity contribution in [2.24, 2.45) is 5.92 Å². The topological polar surface area (TPSA) is 47.6 Å². The maximum absolute atomic E-state index is 11.7. The van der Waals surface area contributed by atoms with Crippen LogP contribution in [0.5, 0.6) is 0 Å². The third-order valence-electron chi connectivity index (χ3n) is 5.02. The molecule has 1 aromatic rings. The molecule has 112 valence electrons. The number of fused-ring (bicyclic) bond motifs is 2. The van der Waals surface area contributed by atoms with Crippen molar-refractivity contribution in [1.29, 1.82) is 0 Å². The van der Waals surface area contributed by atoms with Crippen LogP contribution in [0.15, 0.2) is 24.3 Å². The molecule has 1 aromatic carbocycles. The first kappa shape index (κ1) is 13.0. The monoisotopic (exact) mass is 286 g/mol. The molecule has 3 unspecified atom stereocenters. The second-order valence-corrected chi connectivity index (χ2v) is 6.32. The summed E-state index contributed by atoms with van der Waals surface area (Å²) in [5, 5.41) is 6.52. The summed E-state index contributed by atoms with van der Waals surface area (Å²) in [6.45, 7) is 5.24. The molecule has 4 rings (SSSR count). The zero-order valence-corrected chi connectivity index (χ0v) is 12.2. The number of nitrogens with one attached hydrogen (secondary N) is 2. The van der Waals surface area contributed by atoms with E-state index in [-0.39, 0.29) is 6.03 Å². The molecule has 2 N–H and O–H groups in total. The van der Waals surface area contributed by atoms with E-state index in [4.69, 9.17) is 0 Å². The molecular weight excluding hydrogens is 264 g/mol. The molecule has 3 aliphatic rings. The largest absolute Gasteiger partial charge is 0.382 e. The van der Waals surface area contributed by atoms with Gasteiger partial charge in [0.15, 0.2) is 0 Å². The summed E-state index contributed by atoms with van der Waals surface area (Å²) in [7, 11) is 0. The van der Waals surface area contributed by atoms with E-state index < -0.39 is 0 Å². The molecule has 2 bridgehead atoms. The highest BCUT2D eigenvalue weighted by Gasteiger charge is 2.34. The predicted octanol–water partition coefficient (Wildman–Crippen LogP) is 1.72. The van der Waals surface area contributed by atoms with E-state index in [9.17, 15) is 4.79 Å². The second-order valence-electron chi connectivity index (χ2n) is 6.32. The van der Waals surface area contributed by atoms with Crippen molar-refractivity contribution in [3.63, 3.8) is 0 Å². The van der Waals surface area contributed by atoms with Crippen LogP contribution < -0.4 is 15.5 Å². The van der Waals surface area contributed by atoms with Crippen molar-refractivity contribution in [2.75, 3.05) is 42.9 Å². The molecule has 3 fully saturated rings. The van der Waals surface area contributed by atoms with Gasteiger partial charge in [0.1, 0.15) is 0 Å². The molecule has 0 aromatic heterocycles. The van der Waals surface area contributed by atoms with E-state index in [1.165, 1.54) is 38.2 Å². The van der Waals surface area contributed by atoms with Crippen LogP contribution in [-0.4, -0.2) is 49.7 Å². The number of benzene rings is 1. The predicted molar refractivity (Wildman–Crippen MR) is 83.8 cm³/mol. The molecule has 5 nitrogen and oxygen atoms in total. The van der Waals surface area contributed by atoms with Crippen LogP contribution in [0.2, 0.25) is 0 Å². The number of amides is 2. The lowest BCUT2D eigenvalue weighted by Gasteiger charge is -2.31. The van der Waals surface area contributed by atoms with Crippen LogP contribution in [0, 0.1) is 5.92 Å². The van der Waals surface area contributed by atoms with Crippen LogP contribution in [0.25, 0.3) is 0 Å². The van der Waals surface area contributed by atoms with Crippen molar-refractivity contribution in [3.8, 4) is 0 Å². The highest BCUT2D eigenvalue weighted by molar-refractivity contribution is 5.94. The number of hydrogen-bond acceptors (Lipinski definition) is 3. The number of piperidine rings is 1. The minimum Gasteiger partial charge on any atom is -0.382 e. The molecule has 0 spiro atoms. The summed E-state index contributed by atoms with van der Waals surface area (Å²) in [4.78, 5) is 16.0. The Morgan fingerprint density at radius 1 is 1.10 bits per heavy atom. The number of urea groups is 1. The van der Waals surface area contributed by atoms with Gasteiger partial charge in [0.2, 0.25) is 0 Å². The van der Waals surface area contributed by atoms with Gasteiger partial charge in [-0.2, -0.15) is 0 Å². The van der Waals surface area contributed by atoms with Gasteiger partial charge in [-0.1, -0.05) is 0 Å². The fourth-order valence-corrected chi connectivity index (χ4v) is 3.81. The minimum absolute atomic E-state index is 0.00837. The average Bonchev–Trinajstić information content (AvgIpc) is 3.10. The Labute approximate surface area is 125 Å². The van der Waals surface area contributed by atoms with Gasteiger partial charge >= 0.3 is 6.03 Å². The fraction of sp³-hybridized carbons (Fsp3) is 0.562. The highest BCUT2D eigenvalue weighted by atomic mass is 16.2. The van der Waals surface area contributed by atoms with E-state index in [1.54, 1.807) is 4.90 Å². The number of nitrogens with zero attached hydrogens (tertiary/aromatic N) is 2. The van der Waals surface area contributed by atoms with Crippen LogP contribution in [-0.2, 0) is 0 Å². The standard InChI is InChI=1S/C16H22N4O/c21-16-17-7-10-20(16)14-3-1-13(2-4-14)18-15-6-9-19-8-5-12(15)11-19/h1-4,12,15,18H,5-11H2,(H,17,21). The van der Waals surface area contributed by atoms with Gasteiger partial charge in [0.05, 0.1) is 0 Å². The molecular formula is C16H22N4O. The van der Waals surface area contributed by atoms with Crippen molar-refractivity contribution in [3.05, 3.63) is 24.3 Å². The lowest BCUT2D eigenvalue weighted by molar-refractivity contribution is 0.252. The van der Waals surface area contributed by atoms with E-state index in [2.05, 4.69) is 27.7 Å². The van der Waals surface area contributed by atoms with Gasteiger partial charge in [-0.05, 0) is 49.6 Å². The normalized spacial score (nSPS) is 31.3. The first-order valence-electron chi connectivity index (χ1n) is 7.94. The fourth-order valence-electron chi connectivity index (χ4n) is 3.81. The Bertz CT molecular complexity index is 530. The summed E-state index contributed by atoms with van der Waals surface area (Å²) in [6, 6.07) is 8.89. The highest BCUT2D eigenvalue weighted by Crippen LogP contribution is 2.30. The van der Waals surface area contributed by atoms with Crippen LogP contribution in [0.1, 0.15) is 12.8 Å². The maximum atomic E-state index is 11.7. The Kier molecular flexibility index (Phi) is 3.22. The van der Waals surface area contributed by atoms with E-state index in [0.29, 0.717) is 6.04 Å². The molecule has 3 heterocycles. The first-order valence-corrected chi connectivity index (χ1v) is 7.94. The molecule has 3 aliphatic heterocycles. The Balaban J connectivity index is 1.43. The molecule has 0 aliphatic carbocycles. The van der Waals surface area contributed by atoms with Gasteiger partial charge in [-0.25, -0.2) is 4.79 Å². The van der Waals surface area contributed by atoms with Crippen molar-refractivity contribution in [1.82, 2.24) is 10.2 Å². The maximum Gasteiger partial charge on any atom is 0.321 e. The zero-order valence-electron chi connectivity index (χ0n) is 12.2. The molecule has 2 amide bonds. The van der Waals surface area contributed by atoms with Gasteiger partial charge in [0, 0.05) is 43.6 Å². The molecule has 0 radical (unpaired) electrons. The average molecular weight is 286 g/mol. The summed E-state index contributed by atoms with van der Waals surface area (Å²) >= 11 is 0. The zero-order chi connectivity index (χ0) is 14.2. The van der Waals surface area contributed by atoms with Crippen LogP contribution in [0.4, 0.5) is 16.2 Å². The van der Waals surface area contributed by atoms with Gasteiger partial charge in [0.25, 0.3) is 0 Å². The SMILES string of the molecule is O=C1NCCN1c1ccc(NC2CCN3CCC2C3)cc1. The number of carbonyl (C=O) groups is 1. The van der Waals surface area contributed by atoms with Crippen molar-refractivity contribution < 1.29 is 4.79 Å². The van der Waals surface area contributed by atoms with Crippen LogP contribution in [0.3, 0.4) is 0 Å². The Morgan fingerprint density at radius 3 is 2.67 bits per heavy atom. The molecule has 5 heteroatoms. The van der Waals surface area contributed by atoms with E-state index >= 15 is 0 Å².